The lowest BCUT2D eigenvalue weighted by Gasteiger charge is -2.28. The van der Waals surface area contributed by atoms with Crippen LogP contribution in [0.3, 0.4) is 0 Å². The summed E-state index contributed by atoms with van der Waals surface area (Å²) in [7, 11) is 0. The Hall–Kier alpha value is -2.70. The zero-order valence-corrected chi connectivity index (χ0v) is 20.9. The van der Waals surface area contributed by atoms with Gasteiger partial charge in [0, 0.05) is 10.9 Å². The van der Waals surface area contributed by atoms with Crippen LogP contribution in [0.5, 0.6) is 5.75 Å². The predicted molar refractivity (Wildman–Crippen MR) is 134 cm³/mol. The normalized spacial score (nSPS) is 18.4. The summed E-state index contributed by atoms with van der Waals surface area (Å²) in [5.41, 5.74) is 1.54. The fourth-order valence-corrected chi connectivity index (χ4v) is 5.50. The van der Waals surface area contributed by atoms with Crippen molar-refractivity contribution in [3.05, 3.63) is 65.5 Å². The Balaban J connectivity index is 1.41. The fourth-order valence-electron chi connectivity index (χ4n) is 5.50. The Morgan fingerprint density at radius 3 is 2.16 bits per heavy atom. The third kappa shape index (κ3) is 6.99. The predicted octanol–water partition coefficient (Wildman–Crippen LogP) is 10.1. The quantitative estimate of drug-likeness (QED) is 0.201. The van der Waals surface area contributed by atoms with Gasteiger partial charge in [-0.1, -0.05) is 82.6 Å². The second kappa shape index (κ2) is 11.8. The summed E-state index contributed by atoms with van der Waals surface area (Å²) in [5, 5.41) is -0.239. The van der Waals surface area contributed by atoms with Gasteiger partial charge in [-0.25, -0.2) is 13.2 Å². The first kappa shape index (κ1) is 27.3. The summed E-state index contributed by atoms with van der Waals surface area (Å²) in [6, 6.07) is 9.72. The Bertz CT molecular complexity index is 1210. The lowest BCUT2D eigenvalue weighted by Crippen LogP contribution is -2.19. The minimum absolute atomic E-state index is 0.01000. The van der Waals surface area contributed by atoms with Crippen molar-refractivity contribution in [2.45, 2.75) is 77.5 Å². The highest BCUT2D eigenvalue weighted by molar-refractivity contribution is 5.89. The number of ether oxygens (including phenoxy) is 1. The molecule has 0 N–H and O–H groups in total. The molecule has 0 aromatic heterocycles. The molecule has 1 aliphatic rings. The number of hydrogen-bond acceptors (Lipinski definition) is 1. The standard InChI is InChI=1S/C30H32F6O/c1-2-3-4-5-19-6-8-20(9-7-19)10-11-21-12-14-24(26(31)16-21)22-13-15-25-23(17-22)18-27(32)29(28(25)33)37-30(34,35)36/h12-20H,2-11H2,1H3/t19-,20-. The van der Waals surface area contributed by atoms with Crippen molar-refractivity contribution in [3.8, 4) is 16.9 Å². The molecule has 0 amide bonds. The molecule has 200 valence electrons. The molecule has 1 nitrogen and oxygen atoms in total. The van der Waals surface area contributed by atoms with E-state index in [-0.39, 0.29) is 16.3 Å². The summed E-state index contributed by atoms with van der Waals surface area (Å²) >= 11 is 0. The van der Waals surface area contributed by atoms with Crippen LogP contribution in [0.25, 0.3) is 21.9 Å². The van der Waals surface area contributed by atoms with E-state index in [1.54, 1.807) is 6.07 Å². The number of rotatable bonds is 9. The smallest absolute Gasteiger partial charge is 0.399 e. The Morgan fingerprint density at radius 1 is 0.811 bits per heavy atom. The molecule has 37 heavy (non-hydrogen) atoms. The van der Waals surface area contributed by atoms with Crippen LogP contribution in [0.4, 0.5) is 26.3 Å². The number of hydrogen-bond donors (Lipinski definition) is 0. The van der Waals surface area contributed by atoms with Crippen LogP contribution in [0, 0.1) is 29.3 Å². The van der Waals surface area contributed by atoms with Crippen molar-refractivity contribution in [1.82, 2.24) is 0 Å². The van der Waals surface area contributed by atoms with Crippen molar-refractivity contribution in [3.63, 3.8) is 0 Å². The van der Waals surface area contributed by atoms with E-state index in [0.29, 0.717) is 11.5 Å². The molecule has 0 bridgehead atoms. The van der Waals surface area contributed by atoms with E-state index in [1.165, 1.54) is 75.6 Å². The average molecular weight is 523 g/mol. The topological polar surface area (TPSA) is 9.23 Å². The summed E-state index contributed by atoms with van der Waals surface area (Å²) in [6.07, 6.45) is 6.86. The number of unbranched alkanes of at least 4 members (excludes halogenated alkanes) is 2. The van der Waals surface area contributed by atoms with Gasteiger partial charge in [0.1, 0.15) is 5.82 Å². The first-order chi connectivity index (χ1) is 17.6. The average Bonchev–Trinajstić information content (AvgIpc) is 2.85. The zero-order chi connectivity index (χ0) is 26.6. The first-order valence-electron chi connectivity index (χ1n) is 13.1. The molecular formula is C30H32F6O. The van der Waals surface area contributed by atoms with Crippen LogP contribution in [-0.2, 0) is 6.42 Å². The van der Waals surface area contributed by atoms with Crippen molar-refractivity contribution < 1.29 is 31.1 Å². The minimum Gasteiger partial charge on any atom is -0.399 e. The molecule has 0 atom stereocenters. The summed E-state index contributed by atoms with van der Waals surface area (Å²) < 4.78 is 84.7. The van der Waals surface area contributed by atoms with Crippen LogP contribution >= 0.6 is 0 Å². The van der Waals surface area contributed by atoms with Crippen LogP contribution in [0.15, 0.2) is 42.5 Å². The molecule has 0 radical (unpaired) electrons. The fraction of sp³-hybridized carbons (Fsp3) is 0.467. The number of aryl methyl sites for hydroxylation is 1. The largest absolute Gasteiger partial charge is 0.573 e. The lowest BCUT2D eigenvalue weighted by atomic mass is 9.78. The molecule has 1 fully saturated rings. The molecule has 0 aliphatic heterocycles. The van der Waals surface area contributed by atoms with E-state index in [4.69, 9.17) is 0 Å². The maximum absolute atomic E-state index is 15.0. The van der Waals surface area contributed by atoms with Gasteiger partial charge in [-0.2, -0.15) is 0 Å². The second-order valence-corrected chi connectivity index (χ2v) is 10.2. The molecule has 1 saturated carbocycles. The molecule has 3 aromatic rings. The molecule has 1 aliphatic carbocycles. The van der Waals surface area contributed by atoms with Crippen LogP contribution < -0.4 is 4.74 Å². The Kier molecular flexibility index (Phi) is 8.71. The van der Waals surface area contributed by atoms with Gasteiger partial charge in [-0.15, -0.1) is 13.2 Å². The molecule has 3 aromatic carbocycles. The third-order valence-corrected chi connectivity index (χ3v) is 7.57. The summed E-state index contributed by atoms with van der Waals surface area (Å²) in [6.45, 7) is 2.23. The Morgan fingerprint density at radius 2 is 1.51 bits per heavy atom. The number of benzene rings is 3. The van der Waals surface area contributed by atoms with E-state index < -0.39 is 29.6 Å². The van der Waals surface area contributed by atoms with Crippen molar-refractivity contribution in [2.24, 2.45) is 11.8 Å². The molecule has 4 rings (SSSR count). The van der Waals surface area contributed by atoms with E-state index in [9.17, 15) is 22.0 Å². The highest BCUT2D eigenvalue weighted by Crippen LogP contribution is 2.37. The number of fused-ring (bicyclic) bond motifs is 1. The molecule has 0 spiro atoms. The molecular weight excluding hydrogens is 490 g/mol. The van der Waals surface area contributed by atoms with Gasteiger partial charge in [0.15, 0.2) is 11.6 Å². The van der Waals surface area contributed by atoms with E-state index in [2.05, 4.69) is 11.7 Å². The van der Waals surface area contributed by atoms with Crippen molar-refractivity contribution in [2.75, 3.05) is 0 Å². The highest BCUT2D eigenvalue weighted by atomic mass is 19.4. The maximum atomic E-state index is 15.0. The maximum Gasteiger partial charge on any atom is 0.573 e. The van der Waals surface area contributed by atoms with Crippen LogP contribution in [0.1, 0.15) is 70.3 Å². The lowest BCUT2D eigenvalue weighted by molar-refractivity contribution is -0.276. The van der Waals surface area contributed by atoms with E-state index in [0.717, 1.165) is 30.4 Å². The van der Waals surface area contributed by atoms with Gasteiger partial charge in [-0.05, 0) is 59.4 Å². The van der Waals surface area contributed by atoms with Gasteiger partial charge in [0.2, 0.25) is 5.75 Å². The summed E-state index contributed by atoms with van der Waals surface area (Å²) in [5.74, 6) is -3.37. The molecule has 0 unspecified atom stereocenters. The van der Waals surface area contributed by atoms with Crippen molar-refractivity contribution in [1.29, 1.82) is 0 Å². The van der Waals surface area contributed by atoms with E-state index in [1.807, 2.05) is 6.07 Å². The van der Waals surface area contributed by atoms with Crippen molar-refractivity contribution >= 4 is 10.8 Å². The monoisotopic (exact) mass is 522 g/mol. The number of alkyl halides is 3. The molecule has 0 saturated heterocycles. The minimum atomic E-state index is -5.23. The van der Waals surface area contributed by atoms with Gasteiger partial charge >= 0.3 is 6.36 Å². The van der Waals surface area contributed by atoms with Gasteiger partial charge < -0.3 is 4.74 Å². The number of halogens is 6. The zero-order valence-electron chi connectivity index (χ0n) is 20.9. The van der Waals surface area contributed by atoms with Gasteiger partial charge in [0.05, 0.1) is 0 Å². The van der Waals surface area contributed by atoms with E-state index >= 15 is 4.39 Å². The Labute approximate surface area is 213 Å². The van der Waals surface area contributed by atoms with Crippen LogP contribution in [-0.4, -0.2) is 6.36 Å². The SMILES string of the molecule is CCCCC[C@H]1CC[C@H](CCc2ccc(-c3ccc4c(F)c(OC(F)(F)F)c(F)cc4c3)c(F)c2)CC1. The van der Waals surface area contributed by atoms with Gasteiger partial charge in [0.25, 0.3) is 0 Å². The van der Waals surface area contributed by atoms with Crippen LogP contribution in [0.2, 0.25) is 0 Å². The first-order valence-corrected chi connectivity index (χ1v) is 13.1. The molecule has 0 heterocycles. The highest BCUT2D eigenvalue weighted by Gasteiger charge is 2.34. The van der Waals surface area contributed by atoms with Gasteiger partial charge in [-0.3, -0.25) is 0 Å². The second-order valence-electron chi connectivity index (χ2n) is 10.2. The molecule has 7 heteroatoms. The third-order valence-electron chi connectivity index (χ3n) is 7.57. The summed E-state index contributed by atoms with van der Waals surface area (Å²) in [4.78, 5) is 0.